The maximum absolute atomic E-state index is 13.3. The molecule has 0 aromatic heterocycles. The summed E-state index contributed by atoms with van der Waals surface area (Å²) < 4.78 is 6.26. The number of rotatable bonds is 2. The molecule has 0 fully saturated rings. The zero-order valence-electron chi connectivity index (χ0n) is 16.5. The van der Waals surface area contributed by atoms with Crippen molar-refractivity contribution in [1.29, 1.82) is 0 Å². The molecule has 0 aliphatic carbocycles. The summed E-state index contributed by atoms with van der Waals surface area (Å²) in [4.78, 5) is 13.3. The molecule has 2 nitrogen and oxygen atoms in total. The average molecular weight is 368 g/mol. The Morgan fingerprint density at radius 1 is 0.821 bits per heavy atom. The first-order valence-corrected chi connectivity index (χ1v) is 9.61. The van der Waals surface area contributed by atoms with Crippen LogP contribution in [0.25, 0.3) is 6.08 Å². The third kappa shape index (κ3) is 3.50. The van der Waals surface area contributed by atoms with Crippen LogP contribution in [0, 0.1) is 0 Å². The van der Waals surface area contributed by atoms with Gasteiger partial charge in [0.15, 0.2) is 11.9 Å². The van der Waals surface area contributed by atoms with Crippen molar-refractivity contribution < 1.29 is 9.53 Å². The molecule has 0 radical (unpaired) electrons. The summed E-state index contributed by atoms with van der Waals surface area (Å²) in [5.74, 6) is 0.664. The SMILES string of the molecule is CC(C)(C)c1ccc(/C=C2\C(=O)c3ccccc3O[C@@H]2c2ccccc2)cc1. The van der Waals surface area contributed by atoms with E-state index in [1.807, 2.05) is 60.7 Å². The lowest BCUT2D eigenvalue weighted by molar-refractivity contribution is 0.0963. The topological polar surface area (TPSA) is 26.3 Å². The van der Waals surface area contributed by atoms with E-state index in [1.54, 1.807) is 0 Å². The molecule has 0 amide bonds. The van der Waals surface area contributed by atoms with Gasteiger partial charge in [0.1, 0.15) is 5.75 Å². The van der Waals surface area contributed by atoms with Gasteiger partial charge in [-0.25, -0.2) is 0 Å². The highest BCUT2D eigenvalue weighted by Gasteiger charge is 2.32. The second-order valence-corrected chi connectivity index (χ2v) is 8.21. The van der Waals surface area contributed by atoms with Gasteiger partial charge in [-0.2, -0.15) is 0 Å². The number of carbonyl (C=O) groups is 1. The van der Waals surface area contributed by atoms with Crippen LogP contribution in [0.2, 0.25) is 0 Å². The second kappa shape index (κ2) is 7.12. The lowest BCUT2D eigenvalue weighted by atomic mass is 9.86. The van der Waals surface area contributed by atoms with Crippen LogP contribution < -0.4 is 4.74 Å². The highest BCUT2D eigenvalue weighted by Crippen LogP contribution is 2.39. The van der Waals surface area contributed by atoms with Crippen LogP contribution in [0.4, 0.5) is 0 Å². The Balaban J connectivity index is 1.79. The van der Waals surface area contributed by atoms with Crippen LogP contribution in [-0.2, 0) is 5.41 Å². The molecular weight excluding hydrogens is 344 g/mol. The van der Waals surface area contributed by atoms with Gasteiger partial charge in [-0.15, -0.1) is 0 Å². The van der Waals surface area contributed by atoms with E-state index in [1.165, 1.54) is 5.56 Å². The molecule has 4 rings (SSSR count). The number of carbonyl (C=O) groups excluding carboxylic acids is 1. The predicted molar refractivity (Wildman–Crippen MR) is 114 cm³/mol. The lowest BCUT2D eigenvalue weighted by Gasteiger charge is -2.28. The van der Waals surface area contributed by atoms with E-state index in [9.17, 15) is 4.79 Å². The summed E-state index contributed by atoms with van der Waals surface area (Å²) >= 11 is 0. The van der Waals surface area contributed by atoms with Crippen LogP contribution in [0.15, 0.2) is 84.4 Å². The fourth-order valence-corrected chi connectivity index (χ4v) is 3.50. The minimum absolute atomic E-state index is 0.0237. The van der Waals surface area contributed by atoms with Crippen LogP contribution in [-0.4, -0.2) is 5.78 Å². The Hall–Kier alpha value is -3.13. The monoisotopic (exact) mass is 368 g/mol. The first-order chi connectivity index (χ1) is 13.4. The summed E-state index contributed by atoms with van der Waals surface area (Å²) in [6.45, 7) is 6.59. The highest BCUT2D eigenvalue weighted by atomic mass is 16.5. The zero-order valence-corrected chi connectivity index (χ0v) is 16.5. The van der Waals surface area contributed by atoms with Crippen LogP contribution in [0.5, 0.6) is 5.75 Å². The Morgan fingerprint density at radius 2 is 1.46 bits per heavy atom. The minimum atomic E-state index is -0.411. The number of hydrogen-bond donors (Lipinski definition) is 0. The van der Waals surface area contributed by atoms with Gasteiger partial charge in [-0.1, -0.05) is 87.5 Å². The van der Waals surface area contributed by atoms with Gasteiger partial charge in [0.05, 0.1) is 5.56 Å². The third-order valence-corrected chi connectivity index (χ3v) is 5.12. The van der Waals surface area contributed by atoms with Gasteiger partial charge in [-0.3, -0.25) is 4.79 Å². The molecule has 0 unspecified atom stereocenters. The number of para-hydroxylation sites is 1. The molecule has 0 saturated heterocycles. The number of ether oxygens (including phenoxy) is 1. The standard InChI is InChI=1S/C26H24O2/c1-26(2,3)20-15-13-18(14-16-20)17-22-24(27)21-11-7-8-12-23(21)28-25(22)19-9-5-4-6-10-19/h4-17,25H,1-3H3/b22-17+/t25-/m1/s1. The lowest BCUT2D eigenvalue weighted by Crippen LogP contribution is -2.23. The van der Waals surface area contributed by atoms with E-state index in [0.717, 1.165) is 11.1 Å². The van der Waals surface area contributed by atoms with Crippen molar-refractivity contribution in [2.45, 2.75) is 32.3 Å². The second-order valence-electron chi connectivity index (χ2n) is 8.21. The molecular formula is C26H24O2. The fourth-order valence-electron chi connectivity index (χ4n) is 3.50. The summed E-state index contributed by atoms with van der Waals surface area (Å²) in [6.07, 6.45) is 1.55. The van der Waals surface area contributed by atoms with Crippen LogP contribution in [0.3, 0.4) is 0 Å². The molecule has 1 aliphatic rings. The van der Waals surface area contributed by atoms with E-state index in [0.29, 0.717) is 16.9 Å². The smallest absolute Gasteiger partial charge is 0.196 e. The summed E-state index contributed by atoms with van der Waals surface area (Å²) in [6, 6.07) is 25.8. The van der Waals surface area contributed by atoms with Crippen molar-refractivity contribution in [1.82, 2.24) is 0 Å². The van der Waals surface area contributed by atoms with E-state index in [4.69, 9.17) is 4.74 Å². The highest BCUT2D eigenvalue weighted by molar-refractivity contribution is 6.14. The molecule has 0 N–H and O–H groups in total. The summed E-state index contributed by atoms with van der Waals surface area (Å²) in [5, 5.41) is 0. The molecule has 0 saturated carbocycles. The Kier molecular flexibility index (Phi) is 4.64. The van der Waals surface area contributed by atoms with Crippen molar-refractivity contribution >= 4 is 11.9 Å². The van der Waals surface area contributed by atoms with Gasteiger partial charge >= 0.3 is 0 Å². The molecule has 1 atom stereocenters. The molecule has 28 heavy (non-hydrogen) atoms. The Bertz CT molecular complexity index is 1020. The molecule has 140 valence electrons. The zero-order chi connectivity index (χ0) is 19.7. The Labute approximate surface area is 166 Å². The molecule has 3 aromatic carbocycles. The molecule has 3 aromatic rings. The summed E-state index contributed by atoms with van der Waals surface area (Å²) in [5.41, 5.74) is 4.62. The third-order valence-electron chi connectivity index (χ3n) is 5.12. The Morgan fingerprint density at radius 3 is 2.14 bits per heavy atom. The quantitative estimate of drug-likeness (QED) is 0.490. The molecule has 0 spiro atoms. The number of hydrogen-bond acceptors (Lipinski definition) is 2. The van der Waals surface area contributed by atoms with Gasteiger partial charge in [-0.05, 0) is 40.3 Å². The molecule has 2 heteroatoms. The van der Waals surface area contributed by atoms with Crippen molar-refractivity contribution in [2.75, 3.05) is 0 Å². The van der Waals surface area contributed by atoms with Crippen molar-refractivity contribution in [2.24, 2.45) is 0 Å². The van der Waals surface area contributed by atoms with Crippen molar-refractivity contribution in [3.63, 3.8) is 0 Å². The first-order valence-electron chi connectivity index (χ1n) is 9.61. The van der Waals surface area contributed by atoms with Crippen LogP contribution >= 0.6 is 0 Å². The van der Waals surface area contributed by atoms with E-state index >= 15 is 0 Å². The number of benzene rings is 3. The van der Waals surface area contributed by atoms with E-state index < -0.39 is 6.10 Å². The van der Waals surface area contributed by atoms with Gasteiger partial charge in [0, 0.05) is 5.57 Å². The fraction of sp³-hybridized carbons (Fsp3) is 0.192. The number of Topliss-reactive ketones (excluding diaryl/α,β-unsaturated/α-hetero) is 1. The van der Waals surface area contributed by atoms with Gasteiger partial charge in [0.25, 0.3) is 0 Å². The largest absolute Gasteiger partial charge is 0.480 e. The number of fused-ring (bicyclic) bond motifs is 1. The van der Waals surface area contributed by atoms with Crippen LogP contribution in [0.1, 0.15) is 53.9 Å². The minimum Gasteiger partial charge on any atom is -0.480 e. The van der Waals surface area contributed by atoms with Crippen molar-refractivity contribution in [3.05, 3.63) is 107 Å². The van der Waals surface area contributed by atoms with Gasteiger partial charge in [0.2, 0.25) is 0 Å². The maximum atomic E-state index is 13.3. The first kappa shape index (κ1) is 18.2. The van der Waals surface area contributed by atoms with E-state index in [-0.39, 0.29) is 11.2 Å². The predicted octanol–water partition coefficient (Wildman–Crippen LogP) is 6.38. The number of ketones is 1. The molecule has 0 bridgehead atoms. The maximum Gasteiger partial charge on any atom is 0.196 e. The average Bonchev–Trinajstić information content (AvgIpc) is 2.70. The molecule has 1 aliphatic heterocycles. The van der Waals surface area contributed by atoms with Crippen molar-refractivity contribution in [3.8, 4) is 5.75 Å². The summed E-state index contributed by atoms with van der Waals surface area (Å²) in [7, 11) is 0. The molecule has 1 heterocycles. The van der Waals surface area contributed by atoms with Gasteiger partial charge < -0.3 is 4.74 Å². The normalized spacial score (nSPS) is 17.9. The van der Waals surface area contributed by atoms with E-state index in [2.05, 4.69) is 45.0 Å².